The molecule has 0 bridgehead atoms. The van der Waals surface area contributed by atoms with Crippen molar-refractivity contribution in [3.63, 3.8) is 0 Å². The van der Waals surface area contributed by atoms with Gasteiger partial charge in [-0.05, 0) is 17.7 Å². The number of rotatable bonds is 2. The summed E-state index contributed by atoms with van der Waals surface area (Å²) in [4.78, 5) is 0. The number of alkyl halides is 3. The van der Waals surface area contributed by atoms with Crippen LogP contribution >= 0.6 is 45.8 Å². The van der Waals surface area contributed by atoms with Gasteiger partial charge in [0.15, 0.2) is 5.82 Å². The first-order valence-electron chi connectivity index (χ1n) is 3.64. The summed E-state index contributed by atoms with van der Waals surface area (Å²) in [5.41, 5.74) is -0.447. The zero-order valence-electron chi connectivity index (χ0n) is 7.13. The van der Waals surface area contributed by atoms with E-state index >= 15 is 0 Å². The third-order valence-electron chi connectivity index (χ3n) is 1.67. The Bertz CT molecular complexity index is 389. The Balaban J connectivity index is 3.24. The number of halogens is 6. The molecule has 0 saturated heterocycles. The molecular formula is C9H4Cl2F3I. The molecule has 1 aromatic carbocycles. The van der Waals surface area contributed by atoms with Crippen LogP contribution < -0.4 is 0 Å². The van der Waals surface area contributed by atoms with Crippen LogP contribution in [0.3, 0.4) is 0 Å². The fourth-order valence-corrected chi connectivity index (χ4v) is 1.69. The summed E-state index contributed by atoms with van der Waals surface area (Å²) in [7, 11) is 0. The molecule has 0 N–H and O–H groups in total. The average Bonchev–Trinajstić information content (AvgIpc) is 2.10. The molecular weight excluding hydrogens is 363 g/mol. The Labute approximate surface area is 108 Å². The molecule has 1 rings (SSSR count). The van der Waals surface area contributed by atoms with Gasteiger partial charge in [-0.3, -0.25) is 0 Å². The maximum atomic E-state index is 13.0. The Morgan fingerprint density at radius 2 is 1.67 bits per heavy atom. The topological polar surface area (TPSA) is 0 Å². The quantitative estimate of drug-likeness (QED) is 0.384. The van der Waals surface area contributed by atoms with Gasteiger partial charge in [-0.25, -0.2) is 4.39 Å². The van der Waals surface area contributed by atoms with Gasteiger partial charge in [0.2, 0.25) is 0 Å². The van der Waals surface area contributed by atoms with E-state index in [0.717, 1.165) is 34.7 Å². The van der Waals surface area contributed by atoms with Crippen LogP contribution in [0.2, 0.25) is 10.0 Å². The van der Waals surface area contributed by atoms with E-state index in [1.165, 1.54) is 0 Å². The molecule has 0 unspecified atom stereocenters. The Kier molecular flexibility index (Phi) is 3.95. The van der Waals surface area contributed by atoms with Gasteiger partial charge in [-0.15, -0.1) is 0 Å². The highest BCUT2D eigenvalue weighted by molar-refractivity contribution is 14.1. The maximum Gasteiger partial charge on any atom is 0.321 e. The maximum absolute atomic E-state index is 13.0. The van der Waals surface area contributed by atoms with Crippen molar-refractivity contribution in [2.45, 2.75) is 3.93 Å². The fraction of sp³-hybridized carbons (Fsp3) is 0.111. The van der Waals surface area contributed by atoms with Crippen molar-refractivity contribution < 1.29 is 13.2 Å². The van der Waals surface area contributed by atoms with Crippen molar-refractivity contribution in [2.75, 3.05) is 0 Å². The van der Waals surface area contributed by atoms with Crippen LogP contribution in [0.25, 0.3) is 5.57 Å². The van der Waals surface area contributed by atoms with Crippen LogP contribution in [-0.2, 0) is 0 Å². The molecule has 0 aliphatic carbocycles. The minimum absolute atomic E-state index is 0.0193. The van der Waals surface area contributed by atoms with Crippen molar-refractivity contribution in [2.24, 2.45) is 0 Å². The molecule has 0 aliphatic rings. The van der Waals surface area contributed by atoms with Crippen molar-refractivity contribution in [1.29, 1.82) is 0 Å². The van der Waals surface area contributed by atoms with Crippen LogP contribution in [0.1, 0.15) is 5.56 Å². The Morgan fingerprint density at radius 1 is 1.27 bits per heavy atom. The zero-order valence-corrected chi connectivity index (χ0v) is 10.8. The largest absolute Gasteiger partial charge is 0.321 e. The second-order valence-electron chi connectivity index (χ2n) is 2.73. The van der Waals surface area contributed by atoms with E-state index in [4.69, 9.17) is 23.2 Å². The minimum atomic E-state index is -3.12. The summed E-state index contributed by atoms with van der Waals surface area (Å²) in [5.74, 6) is -0.827. The average molecular weight is 367 g/mol. The molecule has 0 radical (unpaired) electrons. The zero-order chi connectivity index (χ0) is 11.8. The first kappa shape index (κ1) is 13.1. The summed E-state index contributed by atoms with van der Waals surface area (Å²) in [6.45, 7) is 3.21. The molecule has 0 aliphatic heterocycles. The lowest BCUT2D eigenvalue weighted by atomic mass is 10.1. The molecule has 0 atom stereocenters. The van der Waals surface area contributed by atoms with E-state index in [0.29, 0.717) is 0 Å². The lowest BCUT2D eigenvalue weighted by Crippen LogP contribution is -2.07. The monoisotopic (exact) mass is 366 g/mol. The summed E-state index contributed by atoms with van der Waals surface area (Å²) >= 11 is 11.9. The Morgan fingerprint density at radius 3 is 2.00 bits per heavy atom. The molecule has 0 saturated carbocycles. The van der Waals surface area contributed by atoms with Crippen LogP contribution in [0, 0.1) is 5.82 Å². The van der Waals surface area contributed by atoms with E-state index in [2.05, 4.69) is 6.58 Å². The van der Waals surface area contributed by atoms with Crippen LogP contribution in [0.15, 0.2) is 18.7 Å². The third kappa shape index (κ3) is 3.01. The van der Waals surface area contributed by atoms with Crippen molar-refractivity contribution in [1.82, 2.24) is 0 Å². The van der Waals surface area contributed by atoms with Gasteiger partial charge in [-0.2, -0.15) is 8.78 Å². The summed E-state index contributed by atoms with van der Waals surface area (Å²) in [6, 6.07) is 2.13. The highest BCUT2D eigenvalue weighted by atomic mass is 127. The summed E-state index contributed by atoms with van der Waals surface area (Å²) < 4.78 is 35.6. The predicted molar refractivity (Wildman–Crippen MR) is 64.4 cm³/mol. The van der Waals surface area contributed by atoms with Crippen molar-refractivity contribution in [3.8, 4) is 0 Å². The van der Waals surface area contributed by atoms with E-state index in [1.54, 1.807) is 0 Å². The van der Waals surface area contributed by atoms with Gasteiger partial charge >= 0.3 is 3.93 Å². The number of hydrogen-bond donors (Lipinski definition) is 0. The predicted octanol–water partition coefficient (Wildman–Crippen LogP) is 5.17. The molecule has 0 amide bonds. The molecule has 0 heterocycles. The minimum Gasteiger partial charge on any atom is -0.204 e. The lowest BCUT2D eigenvalue weighted by molar-refractivity contribution is 0.195. The molecule has 0 spiro atoms. The highest BCUT2D eigenvalue weighted by Gasteiger charge is 2.30. The second kappa shape index (κ2) is 4.51. The van der Waals surface area contributed by atoms with E-state index in [1.807, 2.05) is 0 Å². The molecule has 15 heavy (non-hydrogen) atoms. The van der Waals surface area contributed by atoms with Gasteiger partial charge in [0.05, 0.1) is 10.0 Å². The van der Waals surface area contributed by atoms with Gasteiger partial charge in [-0.1, -0.05) is 29.8 Å². The summed E-state index contributed by atoms with van der Waals surface area (Å²) in [6.07, 6.45) is 0. The molecule has 0 aromatic heterocycles. The molecule has 0 fully saturated rings. The molecule has 0 nitrogen and oxygen atoms in total. The standard InChI is InChI=1S/C9H4Cl2F3I/c1-4(9(13,14)15)5-2-6(10)8(12)7(11)3-5/h2-3H,1H2. The number of benzene rings is 1. The normalized spacial score (nSPS) is 11.6. The van der Waals surface area contributed by atoms with Gasteiger partial charge < -0.3 is 0 Å². The highest BCUT2D eigenvalue weighted by Crippen LogP contribution is 2.39. The number of allylic oxidation sites excluding steroid dienone is 1. The van der Waals surface area contributed by atoms with Crippen molar-refractivity contribution >= 4 is 51.4 Å². The van der Waals surface area contributed by atoms with Crippen molar-refractivity contribution in [3.05, 3.63) is 40.1 Å². The first-order valence-corrected chi connectivity index (χ1v) is 5.48. The molecule has 1 aromatic rings. The molecule has 6 heteroatoms. The van der Waals surface area contributed by atoms with E-state index in [9.17, 15) is 13.2 Å². The SMILES string of the molecule is C=C(c1cc(Cl)c(F)c(Cl)c1)C(F)(F)I. The van der Waals surface area contributed by atoms with E-state index in [-0.39, 0.29) is 15.6 Å². The third-order valence-corrected chi connectivity index (χ3v) is 2.88. The fourth-order valence-electron chi connectivity index (χ4n) is 0.893. The first-order chi connectivity index (χ1) is 6.73. The second-order valence-corrected chi connectivity index (χ2v) is 4.90. The van der Waals surface area contributed by atoms with Crippen LogP contribution in [0.4, 0.5) is 13.2 Å². The van der Waals surface area contributed by atoms with Crippen LogP contribution in [0.5, 0.6) is 0 Å². The van der Waals surface area contributed by atoms with Gasteiger partial charge in [0.1, 0.15) is 0 Å². The van der Waals surface area contributed by atoms with E-state index < -0.39 is 15.3 Å². The van der Waals surface area contributed by atoms with Crippen LogP contribution in [-0.4, -0.2) is 3.93 Å². The molecule has 82 valence electrons. The smallest absolute Gasteiger partial charge is 0.204 e. The Hall–Kier alpha value is 0.0600. The number of hydrogen-bond acceptors (Lipinski definition) is 0. The van der Waals surface area contributed by atoms with Gasteiger partial charge in [0.25, 0.3) is 0 Å². The van der Waals surface area contributed by atoms with Gasteiger partial charge in [0, 0.05) is 28.2 Å². The summed E-state index contributed by atoms with van der Waals surface area (Å²) in [5, 5.41) is -0.612. The lowest BCUT2D eigenvalue weighted by Gasteiger charge is -2.13.